The summed E-state index contributed by atoms with van der Waals surface area (Å²) in [6, 6.07) is 7.43. The highest BCUT2D eigenvalue weighted by Crippen LogP contribution is 2.30. The Balaban J connectivity index is 2.35. The van der Waals surface area contributed by atoms with E-state index in [0.717, 1.165) is 13.0 Å². The van der Waals surface area contributed by atoms with Gasteiger partial charge in [-0.1, -0.05) is 29.3 Å². The number of hydrogen-bond donors (Lipinski definition) is 1. The lowest BCUT2D eigenvalue weighted by Gasteiger charge is -2.24. The van der Waals surface area contributed by atoms with Crippen LogP contribution in [0.4, 0.5) is 0 Å². The Morgan fingerprint density at radius 2 is 1.80 bits per heavy atom. The van der Waals surface area contributed by atoms with Gasteiger partial charge in [0, 0.05) is 18.6 Å². The minimum Gasteiger partial charge on any atom is -0.326 e. The summed E-state index contributed by atoms with van der Waals surface area (Å²) in [7, 11) is 2.16. The second kappa shape index (κ2) is 3.95. The average molecular weight is 204 g/mol. The fraction of sp³-hybridized carbons (Fsp3) is 0.538. The summed E-state index contributed by atoms with van der Waals surface area (Å²) >= 11 is 0. The highest BCUT2D eigenvalue weighted by atomic mass is 15.2. The Hall–Kier alpha value is -0.860. The molecular weight excluding hydrogens is 184 g/mol. The molecule has 1 fully saturated rings. The fourth-order valence-electron chi connectivity index (χ4n) is 2.66. The molecule has 2 heteroatoms. The van der Waals surface area contributed by atoms with Crippen LogP contribution in [-0.4, -0.2) is 24.5 Å². The van der Waals surface area contributed by atoms with Crippen LogP contribution < -0.4 is 5.73 Å². The summed E-state index contributed by atoms with van der Waals surface area (Å²) < 4.78 is 0. The van der Waals surface area contributed by atoms with Gasteiger partial charge in [-0.2, -0.15) is 0 Å². The third-order valence-electron chi connectivity index (χ3n) is 3.28. The van der Waals surface area contributed by atoms with Crippen LogP contribution >= 0.6 is 0 Å². The zero-order chi connectivity index (χ0) is 11.0. The van der Waals surface area contributed by atoms with Crippen molar-refractivity contribution in [3.8, 4) is 0 Å². The molecule has 2 atom stereocenters. The van der Waals surface area contributed by atoms with Gasteiger partial charge in [0.05, 0.1) is 0 Å². The minimum atomic E-state index is 0.288. The molecule has 2 rings (SSSR count). The van der Waals surface area contributed by atoms with Crippen molar-refractivity contribution in [2.45, 2.75) is 32.4 Å². The topological polar surface area (TPSA) is 29.3 Å². The molecular formula is C13H20N2. The average Bonchev–Trinajstić information content (AvgIpc) is 2.44. The molecule has 2 N–H and O–H groups in total. The first kappa shape index (κ1) is 10.7. The van der Waals surface area contributed by atoms with Crippen molar-refractivity contribution >= 4 is 0 Å². The zero-order valence-electron chi connectivity index (χ0n) is 9.83. The fourth-order valence-corrected chi connectivity index (χ4v) is 2.66. The third kappa shape index (κ3) is 2.06. The van der Waals surface area contributed by atoms with Crippen LogP contribution in [0.15, 0.2) is 18.2 Å². The second-order valence-electron chi connectivity index (χ2n) is 4.80. The van der Waals surface area contributed by atoms with Crippen molar-refractivity contribution < 1.29 is 0 Å². The number of likely N-dealkylation sites (N-methyl/N-ethyl adjacent to an activating group) is 1. The van der Waals surface area contributed by atoms with Gasteiger partial charge >= 0.3 is 0 Å². The van der Waals surface area contributed by atoms with Crippen molar-refractivity contribution in [3.63, 3.8) is 0 Å². The molecule has 0 aliphatic carbocycles. The minimum absolute atomic E-state index is 0.288. The van der Waals surface area contributed by atoms with Crippen molar-refractivity contribution in [2.24, 2.45) is 5.73 Å². The van der Waals surface area contributed by atoms with E-state index in [-0.39, 0.29) is 6.04 Å². The molecule has 0 radical (unpaired) electrons. The van der Waals surface area contributed by atoms with Crippen LogP contribution in [0.1, 0.15) is 29.2 Å². The number of benzene rings is 1. The number of nitrogens with zero attached hydrogens (tertiary/aromatic N) is 1. The highest BCUT2D eigenvalue weighted by molar-refractivity contribution is 5.32. The van der Waals surface area contributed by atoms with Crippen LogP contribution in [0.5, 0.6) is 0 Å². The van der Waals surface area contributed by atoms with Crippen molar-refractivity contribution in [1.82, 2.24) is 4.90 Å². The van der Waals surface area contributed by atoms with Crippen LogP contribution in [0, 0.1) is 13.8 Å². The molecule has 0 aromatic heterocycles. The summed E-state index contributed by atoms with van der Waals surface area (Å²) in [5.74, 6) is 0. The number of rotatable bonds is 1. The van der Waals surface area contributed by atoms with E-state index in [1.807, 2.05) is 0 Å². The molecule has 1 aromatic carbocycles. The summed E-state index contributed by atoms with van der Waals surface area (Å²) in [6.45, 7) is 5.41. The number of likely N-dealkylation sites (tertiary alicyclic amines) is 1. The van der Waals surface area contributed by atoms with E-state index in [9.17, 15) is 0 Å². The lowest BCUT2D eigenvalue weighted by atomic mass is 9.97. The standard InChI is InChI=1S/C13H20N2/c1-9-6-10(2)8-11(7-9)13-12(14)4-5-15(13)3/h6-8,12-13H,4-5,14H2,1-3H3. The Morgan fingerprint density at radius 3 is 2.27 bits per heavy atom. The number of nitrogens with two attached hydrogens (primary N) is 1. The van der Waals surface area contributed by atoms with Gasteiger partial charge < -0.3 is 5.73 Å². The maximum Gasteiger partial charge on any atom is 0.0497 e. The lowest BCUT2D eigenvalue weighted by molar-refractivity contribution is 0.304. The van der Waals surface area contributed by atoms with Gasteiger partial charge in [0.25, 0.3) is 0 Å². The van der Waals surface area contributed by atoms with Gasteiger partial charge in [0.15, 0.2) is 0 Å². The van der Waals surface area contributed by atoms with Crippen molar-refractivity contribution in [3.05, 3.63) is 34.9 Å². The zero-order valence-corrected chi connectivity index (χ0v) is 9.83. The number of aryl methyl sites for hydroxylation is 2. The molecule has 1 aliphatic heterocycles. The van der Waals surface area contributed by atoms with Crippen LogP contribution in [0.2, 0.25) is 0 Å². The monoisotopic (exact) mass is 204 g/mol. The van der Waals surface area contributed by atoms with Gasteiger partial charge in [0.1, 0.15) is 0 Å². The van der Waals surface area contributed by atoms with E-state index in [1.54, 1.807) is 0 Å². The number of hydrogen-bond acceptors (Lipinski definition) is 2. The van der Waals surface area contributed by atoms with E-state index >= 15 is 0 Å². The Morgan fingerprint density at radius 1 is 1.20 bits per heavy atom. The van der Waals surface area contributed by atoms with Crippen LogP contribution in [0.3, 0.4) is 0 Å². The quantitative estimate of drug-likeness (QED) is 0.758. The molecule has 15 heavy (non-hydrogen) atoms. The largest absolute Gasteiger partial charge is 0.326 e. The Kier molecular flexibility index (Phi) is 2.81. The smallest absolute Gasteiger partial charge is 0.0497 e. The summed E-state index contributed by atoms with van der Waals surface area (Å²) in [5.41, 5.74) is 10.2. The molecule has 1 aromatic rings. The SMILES string of the molecule is Cc1cc(C)cc(C2C(N)CCN2C)c1. The second-order valence-corrected chi connectivity index (χ2v) is 4.80. The van der Waals surface area contributed by atoms with E-state index in [2.05, 4.69) is 44.0 Å². The van der Waals surface area contributed by atoms with Crippen molar-refractivity contribution in [2.75, 3.05) is 13.6 Å². The first-order valence-electron chi connectivity index (χ1n) is 5.62. The molecule has 2 unspecified atom stereocenters. The molecule has 2 nitrogen and oxygen atoms in total. The predicted octanol–water partition coefficient (Wildman–Crippen LogP) is 2.01. The van der Waals surface area contributed by atoms with Gasteiger partial charge in [-0.05, 0) is 32.9 Å². The molecule has 0 saturated carbocycles. The molecule has 0 bridgehead atoms. The van der Waals surface area contributed by atoms with E-state index in [4.69, 9.17) is 5.73 Å². The van der Waals surface area contributed by atoms with Gasteiger partial charge in [-0.25, -0.2) is 0 Å². The Bertz CT molecular complexity index is 329. The molecule has 82 valence electrons. The van der Waals surface area contributed by atoms with Gasteiger partial charge in [0.2, 0.25) is 0 Å². The summed E-state index contributed by atoms with van der Waals surface area (Å²) in [6.07, 6.45) is 1.11. The van der Waals surface area contributed by atoms with Crippen LogP contribution in [0.25, 0.3) is 0 Å². The maximum atomic E-state index is 6.16. The van der Waals surface area contributed by atoms with Crippen LogP contribution in [-0.2, 0) is 0 Å². The molecule has 1 saturated heterocycles. The first-order chi connectivity index (χ1) is 7.08. The summed E-state index contributed by atoms with van der Waals surface area (Å²) in [4.78, 5) is 2.36. The molecule has 0 amide bonds. The van der Waals surface area contributed by atoms with E-state index in [1.165, 1.54) is 16.7 Å². The lowest BCUT2D eigenvalue weighted by Crippen LogP contribution is -2.29. The van der Waals surface area contributed by atoms with Gasteiger partial charge in [-0.15, -0.1) is 0 Å². The summed E-state index contributed by atoms with van der Waals surface area (Å²) in [5, 5.41) is 0. The normalized spacial score (nSPS) is 27.2. The molecule has 0 spiro atoms. The Labute approximate surface area is 92.1 Å². The first-order valence-corrected chi connectivity index (χ1v) is 5.62. The highest BCUT2D eigenvalue weighted by Gasteiger charge is 2.30. The van der Waals surface area contributed by atoms with Crippen molar-refractivity contribution in [1.29, 1.82) is 0 Å². The van der Waals surface area contributed by atoms with Gasteiger partial charge in [-0.3, -0.25) is 4.90 Å². The maximum absolute atomic E-state index is 6.16. The predicted molar refractivity (Wildman–Crippen MR) is 63.9 cm³/mol. The third-order valence-corrected chi connectivity index (χ3v) is 3.28. The molecule has 1 heterocycles. The molecule has 1 aliphatic rings. The van der Waals surface area contributed by atoms with E-state index < -0.39 is 0 Å². The van der Waals surface area contributed by atoms with E-state index in [0.29, 0.717) is 6.04 Å².